The molecule has 0 spiro atoms. The molecule has 2 N–H and O–H groups in total. The first-order valence-electron chi connectivity index (χ1n) is 7.16. The Morgan fingerprint density at radius 3 is 2.80 bits per heavy atom. The number of thiazole rings is 1. The highest BCUT2D eigenvalue weighted by molar-refractivity contribution is 7.18. The van der Waals surface area contributed by atoms with Crippen LogP contribution in [0.5, 0.6) is 0 Å². The SMILES string of the molecule is CCCN(C)c1nc(N)c(C(=O)N2CCCC2(C)C)s1. The second-order valence-electron chi connectivity index (χ2n) is 6.01. The molecule has 1 aliphatic heterocycles. The lowest BCUT2D eigenvalue weighted by Gasteiger charge is -2.31. The molecule has 0 unspecified atom stereocenters. The molecule has 2 heterocycles. The Morgan fingerprint density at radius 2 is 2.25 bits per heavy atom. The smallest absolute Gasteiger partial charge is 0.268 e. The van der Waals surface area contributed by atoms with Gasteiger partial charge in [0, 0.05) is 25.7 Å². The molecule has 6 heteroatoms. The molecule has 1 aromatic rings. The highest BCUT2D eigenvalue weighted by atomic mass is 32.1. The minimum absolute atomic E-state index is 0.0265. The molecule has 0 radical (unpaired) electrons. The number of carbonyl (C=O) groups is 1. The first kappa shape index (κ1) is 15.1. The summed E-state index contributed by atoms with van der Waals surface area (Å²) in [4.78, 5) is 21.6. The van der Waals surface area contributed by atoms with Crippen LogP contribution in [0.15, 0.2) is 0 Å². The van der Waals surface area contributed by atoms with Crippen LogP contribution in [0.2, 0.25) is 0 Å². The predicted octanol–water partition coefficient (Wildman–Crippen LogP) is 2.59. The molecular weight excluding hydrogens is 272 g/mol. The Hall–Kier alpha value is -1.30. The number of anilines is 2. The fourth-order valence-corrected chi connectivity index (χ4v) is 3.60. The number of nitrogens with zero attached hydrogens (tertiary/aromatic N) is 3. The maximum atomic E-state index is 12.7. The standard InChI is InChI=1S/C14H24N4OS/c1-5-8-17(4)13-16-11(15)10(20-13)12(19)18-9-6-7-14(18,2)3/h5-9,15H2,1-4H3. The lowest BCUT2D eigenvalue weighted by molar-refractivity contribution is 0.0658. The van der Waals surface area contributed by atoms with Crippen LogP contribution in [0.1, 0.15) is 49.7 Å². The molecule has 1 fully saturated rings. The number of likely N-dealkylation sites (tertiary alicyclic amines) is 1. The van der Waals surface area contributed by atoms with Crippen LogP contribution in [-0.2, 0) is 0 Å². The number of nitrogens with two attached hydrogens (primary N) is 1. The Labute approximate surface area is 124 Å². The molecule has 0 aromatic carbocycles. The number of nitrogen functional groups attached to an aromatic ring is 1. The van der Waals surface area contributed by atoms with Crippen molar-refractivity contribution in [2.75, 3.05) is 30.8 Å². The number of carbonyl (C=O) groups excluding carboxylic acids is 1. The number of hydrogen-bond acceptors (Lipinski definition) is 5. The van der Waals surface area contributed by atoms with Gasteiger partial charge in [0.2, 0.25) is 0 Å². The summed E-state index contributed by atoms with van der Waals surface area (Å²) in [6, 6.07) is 0. The Kier molecular flexibility index (Phi) is 4.22. The average Bonchev–Trinajstić information content (AvgIpc) is 2.91. The zero-order valence-electron chi connectivity index (χ0n) is 12.8. The molecule has 1 saturated heterocycles. The summed E-state index contributed by atoms with van der Waals surface area (Å²) in [5, 5.41) is 0.824. The van der Waals surface area contributed by atoms with Gasteiger partial charge in [-0.25, -0.2) is 4.98 Å². The Morgan fingerprint density at radius 1 is 1.55 bits per heavy atom. The van der Waals surface area contributed by atoms with E-state index in [0.717, 1.165) is 37.5 Å². The van der Waals surface area contributed by atoms with Gasteiger partial charge in [0.1, 0.15) is 10.7 Å². The Bertz CT molecular complexity index is 497. The van der Waals surface area contributed by atoms with E-state index < -0.39 is 0 Å². The van der Waals surface area contributed by atoms with Gasteiger partial charge < -0.3 is 15.5 Å². The third-order valence-electron chi connectivity index (χ3n) is 3.87. The molecule has 5 nitrogen and oxygen atoms in total. The fraction of sp³-hybridized carbons (Fsp3) is 0.714. The number of hydrogen-bond donors (Lipinski definition) is 1. The zero-order chi connectivity index (χ0) is 14.9. The van der Waals surface area contributed by atoms with Crippen LogP contribution in [0, 0.1) is 0 Å². The molecule has 0 bridgehead atoms. The van der Waals surface area contributed by atoms with E-state index in [1.807, 2.05) is 16.8 Å². The van der Waals surface area contributed by atoms with Crippen molar-refractivity contribution in [3.05, 3.63) is 4.88 Å². The number of aromatic nitrogens is 1. The Balaban J connectivity index is 2.22. The second kappa shape index (κ2) is 5.60. The lowest BCUT2D eigenvalue weighted by atomic mass is 10.0. The molecule has 1 amide bonds. The van der Waals surface area contributed by atoms with Gasteiger partial charge in [-0.05, 0) is 33.1 Å². The van der Waals surface area contributed by atoms with Gasteiger partial charge in [-0.1, -0.05) is 18.3 Å². The van der Waals surface area contributed by atoms with Gasteiger partial charge in [0.05, 0.1) is 0 Å². The highest BCUT2D eigenvalue weighted by Gasteiger charge is 2.37. The topological polar surface area (TPSA) is 62.5 Å². The van der Waals surface area contributed by atoms with E-state index in [4.69, 9.17) is 5.73 Å². The largest absolute Gasteiger partial charge is 0.382 e. The van der Waals surface area contributed by atoms with Crippen molar-refractivity contribution in [3.63, 3.8) is 0 Å². The fourth-order valence-electron chi connectivity index (χ4n) is 2.67. The molecule has 1 aliphatic rings. The van der Waals surface area contributed by atoms with E-state index in [0.29, 0.717) is 10.7 Å². The van der Waals surface area contributed by atoms with Crippen molar-refractivity contribution in [2.24, 2.45) is 0 Å². The van der Waals surface area contributed by atoms with E-state index in [1.165, 1.54) is 11.3 Å². The highest BCUT2D eigenvalue weighted by Crippen LogP contribution is 2.34. The van der Waals surface area contributed by atoms with Crippen LogP contribution < -0.4 is 10.6 Å². The van der Waals surface area contributed by atoms with Crippen molar-refractivity contribution in [3.8, 4) is 0 Å². The van der Waals surface area contributed by atoms with E-state index in [2.05, 4.69) is 25.8 Å². The maximum absolute atomic E-state index is 12.7. The minimum atomic E-state index is -0.0804. The molecule has 1 aromatic heterocycles. The lowest BCUT2D eigenvalue weighted by Crippen LogP contribution is -2.42. The first-order valence-corrected chi connectivity index (χ1v) is 7.98. The van der Waals surface area contributed by atoms with Gasteiger partial charge in [-0.3, -0.25) is 4.79 Å². The van der Waals surface area contributed by atoms with E-state index in [9.17, 15) is 4.79 Å². The average molecular weight is 296 g/mol. The number of rotatable bonds is 4. The minimum Gasteiger partial charge on any atom is -0.382 e. The van der Waals surface area contributed by atoms with Crippen molar-refractivity contribution < 1.29 is 4.79 Å². The van der Waals surface area contributed by atoms with Crippen molar-refractivity contribution >= 4 is 28.2 Å². The summed E-state index contributed by atoms with van der Waals surface area (Å²) in [6.45, 7) is 8.06. The second-order valence-corrected chi connectivity index (χ2v) is 6.98. The molecule has 0 atom stereocenters. The molecule has 0 saturated carbocycles. The van der Waals surface area contributed by atoms with Gasteiger partial charge >= 0.3 is 0 Å². The van der Waals surface area contributed by atoms with Gasteiger partial charge in [0.15, 0.2) is 5.13 Å². The van der Waals surface area contributed by atoms with Crippen LogP contribution in [-0.4, -0.2) is 41.5 Å². The van der Waals surface area contributed by atoms with Crippen LogP contribution in [0.3, 0.4) is 0 Å². The molecule has 20 heavy (non-hydrogen) atoms. The maximum Gasteiger partial charge on any atom is 0.268 e. The van der Waals surface area contributed by atoms with Crippen LogP contribution in [0.4, 0.5) is 10.9 Å². The van der Waals surface area contributed by atoms with Crippen molar-refractivity contribution in [1.82, 2.24) is 9.88 Å². The predicted molar refractivity (Wildman–Crippen MR) is 84.4 cm³/mol. The summed E-state index contributed by atoms with van der Waals surface area (Å²) >= 11 is 1.40. The van der Waals surface area contributed by atoms with Crippen LogP contribution in [0.25, 0.3) is 0 Å². The monoisotopic (exact) mass is 296 g/mol. The van der Waals surface area contributed by atoms with Gasteiger partial charge in [-0.15, -0.1) is 0 Å². The first-order chi connectivity index (χ1) is 9.36. The van der Waals surface area contributed by atoms with E-state index in [1.54, 1.807) is 0 Å². The van der Waals surface area contributed by atoms with Gasteiger partial charge in [-0.2, -0.15) is 0 Å². The molecule has 112 valence electrons. The third-order valence-corrected chi connectivity index (χ3v) is 5.04. The normalized spacial score (nSPS) is 17.5. The summed E-state index contributed by atoms with van der Waals surface area (Å²) in [7, 11) is 1.98. The molecule has 2 rings (SSSR count). The van der Waals surface area contributed by atoms with Crippen LogP contribution >= 0.6 is 11.3 Å². The molecular formula is C14H24N4OS. The van der Waals surface area contributed by atoms with E-state index in [-0.39, 0.29) is 11.4 Å². The van der Waals surface area contributed by atoms with Gasteiger partial charge in [0.25, 0.3) is 5.91 Å². The third kappa shape index (κ3) is 2.75. The summed E-state index contributed by atoms with van der Waals surface area (Å²) in [5.74, 6) is 0.388. The van der Waals surface area contributed by atoms with E-state index >= 15 is 0 Å². The number of amides is 1. The summed E-state index contributed by atoms with van der Waals surface area (Å²) in [5.41, 5.74) is 5.88. The summed E-state index contributed by atoms with van der Waals surface area (Å²) in [6.07, 6.45) is 3.14. The summed E-state index contributed by atoms with van der Waals surface area (Å²) < 4.78 is 0. The van der Waals surface area contributed by atoms with Crippen molar-refractivity contribution in [2.45, 2.75) is 45.6 Å². The molecule has 0 aliphatic carbocycles. The zero-order valence-corrected chi connectivity index (χ0v) is 13.6. The quantitative estimate of drug-likeness (QED) is 0.927. The van der Waals surface area contributed by atoms with Crippen molar-refractivity contribution in [1.29, 1.82) is 0 Å².